The maximum atomic E-state index is 11.8. The van der Waals surface area contributed by atoms with E-state index in [9.17, 15) is 10.3 Å². The highest BCUT2D eigenvalue weighted by molar-refractivity contribution is 5.95. The van der Waals surface area contributed by atoms with Gasteiger partial charge in [0.25, 0.3) is 5.52 Å². The van der Waals surface area contributed by atoms with Gasteiger partial charge < -0.3 is 16.0 Å². The maximum absolute atomic E-state index is 11.8. The molecule has 0 aliphatic rings. The summed E-state index contributed by atoms with van der Waals surface area (Å²) in [5.41, 5.74) is 7.20. The molecule has 0 bridgehead atoms. The highest BCUT2D eigenvalue weighted by Crippen LogP contribution is 2.31. The van der Waals surface area contributed by atoms with Gasteiger partial charge in [0.05, 0.1) is 16.8 Å². The SMILES string of the molecule is N=C(N)c1ccc(N=Nc2ccc(O)c3c2ccc[n+]3[O-])cc1. The highest BCUT2D eigenvalue weighted by Gasteiger charge is 2.12. The lowest BCUT2D eigenvalue weighted by atomic mass is 10.1. The van der Waals surface area contributed by atoms with Crippen molar-refractivity contribution in [1.29, 1.82) is 5.41 Å². The zero-order valence-electron chi connectivity index (χ0n) is 12.0. The second-order valence-corrected chi connectivity index (χ2v) is 4.86. The minimum Gasteiger partial charge on any atom is -0.618 e. The average molecular weight is 307 g/mol. The standard InChI is InChI=1S/C16H13N5O2/c17-16(18)10-3-5-11(6-4-10)19-20-13-7-8-14(22)15-12(13)2-1-9-21(15)23/h1-9,22H,(H3,17,18). The summed E-state index contributed by atoms with van der Waals surface area (Å²) in [5.74, 6) is -0.127. The molecule has 0 amide bonds. The van der Waals surface area contributed by atoms with E-state index in [2.05, 4.69) is 10.2 Å². The molecule has 3 rings (SSSR count). The lowest BCUT2D eigenvalue weighted by molar-refractivity contribution is -0.577. The second-order valence-electron chi connectivity index (χ2n) is 4.86. The van der Waals surface area contributed by atoms with Crippen molar-refractivity contribution in [3.8, 4) is 5.75 Å². The van der Waals surface area contributed by atoms with Gasteiger partial charge in [-0.05, 0) is 42.5 Å². The number of azo groups is 1. The van der Waals surface area contributed by atoms with Gasteiger partial charge in [-0.15, -0.1) is 5.11 Å². The van der Waals surface area contributed by atoms with Crippen LogP contribution in [0.4, 0.5) is 11.4 Å². The van der Waals surface area contributed by atoms with Crippen LogP contribution in [0.2, 0.25) is 0 Å². The van der Waals surface area contributed by atoms with E-state index in [0.717, 1.165) is 0 Å². The molecule has 23 heavy (non-hydrogen) atoms. The quantitative estimate of drug-likeness (QED) is 0.227. The number of benzene rings is 2. The number of aromatic hydroxyl groups is 1. The molecular weight excluding hydrogens is 294 g/mol. The summed E-state index contributed by atoms with van der Waals surface area (Å²) in [6, 6.07) is 13.0. The largest absolute Gasteiger partial charge is 0.618 e. The predicted octanol–water partition coefficient (Wildman–Crippen LogP) is 2.88. The summed E-state index contributed by atoms with van der Waals surface area (Å²) in [6.07, 6.45) is 1.31. The van der Waals surface area contributed by atoms with E-state index >= 15 is 0 Å². The van der Waals surface area contributed by atoms with E-state index in [-0.39, 0.29) is 17.1 Å². The normalized spacial score (nSPS) is 11.1. The Labute approximate surface area is 131 Å². The Morgan fingerprint density at radius 1 is 1.09 bits per heavy atom. The van der Waals surface area contributed by atoms with Crippen LogP contribution < -0.4 is 10.5 Å². The summed E-state index contributed by atoms with van der Waals surface area (Å²) in [5, 5.41) is 37.7. The number of fused-ring (bicyclic) bond motifs is 1. The molecule has 0 spiro atoms. The molecule has 114 valence electrons. The van der Waals surface area contributed by atoms with Crippen LogP contribution in [0.3, 0.4) is 0 Å². The molecule has 0 saturated carbocycles. The van der Waals surface area contributed by atoms with Crippen molar-refractivity contribution in [2.75, 3.05) is 0 Å². The Bertz CT molecular complexity index is 911. The smallest absolute Gasteiger partial charge is 0.268 e. The Hall–Kier alpha value is -3.48. The fraction of sp³-hybridized carbons (Fsp3) is 0. The molecule has 0 fully saturated rings. The molecule has 7 heteroatoms. The molecule has 1 heterocycles. The van der Waals surface area contributed by atoms with E-state index in [4.69, 9.17) is 11.1 Å². The van der Waals surface area contributed by atoms with Gasteiger partial charge in [-0.3, -0.25) is 5.41 Å². The first-order valence-electron chi connectivity index (χ1n) is 6.76. The first-order valence-corrected chi connectivity index (χ1v) is 6.76. The highest BCUT2D eigenvalue weighted by atomic mass is 16.5. The number of hydrogen-bond acceptors (Lipinski definition) is 5. The number of nitrogen functional groups attached to an aromatic ring is 1. The van der Waals surface area contributed by atoms with Crippen molar-refractivity contribution in [2.24, 2.45) is 16.0 Å². The van der Waals surface area contributed by atoms with Crippen LogP contribution in [0.5, 0.6) is 5.75 Å². The second kappa shape index (κ2) is 5.72. The van der Waals surface area contributed by atoms with Crippen LogP contribution in [0.15, 0.2) is 65.0 Å². The number of phenolic OH excluding ortho intramolecular Hbond substituents is 1. The van der Waals surface area contributed by atoms with Crippen molar-refractivity contribution >= 4 is 28.1 Å². The minimum absolute atomic E-state index is 0.0157. The predicted molar refractivity (Wildman–Crippen MR) is 86.2 cm³/mol. The number of nitrogens with one attached hydrogen (secondary N) is 1. The molecular formula is C16H13N5O2. The van der Waals surface area contributed by atoms with Crippen LogP contribution in [-0.2, 0) is 0 Å². The fourth-order valence-electron chi connectivity index (χ4n) is 2.18. The van der Waals surface area contributed by atoms with Crippen LogP contribution in [0, 0.1) is 10.6 Å². The van der Waals surface area contributed by atoms with E-state index in [0.29, 0.717) is 27.1 Å². The minimum atomic E-state index is -0.111. The first-order chi connectivity index (χ1) is 11.1. The molecule has 0 saturated heterocycles. The zero-order chi connectivity index (χ0) is 16.4. The number of aromatic nitrogens is 1. The molecule has 0 unspecified atom stereocenters. The first kappa shape index (κ1) is 14.5. The fourth-order valence-corrected chi connectivity index (χ4v) is 2.18. The zero-order valence-corrected chi connectivity index (χ0v) is 12.0. The van der Waals surface area contributed by atoms with Gasteiger partial charge in [-0.2, -0.15) is 9.84 Å². The number of amidine groups is 1. The molecule has 2 aromatic carbocycles. The van der Waals surface area contributed by atoms with Crippen LogP contribution in [0.1, 0.15) is 5.56 Å². The Kier molecular flexibility index (Phi) is 3.60. The Balaban J connectivity index is 2.00. The van der Waals surface area contributed by atoms with E-state index in [1.54, 1.807) is 42.5 Å². The number of rotatable bonds is 3. The maximum Gasteiger partial charge on any atom is 0.268 e. The van der Waals surface area contributed by atoms with Gasteiger partial charge in [0.1, 0.15) is 5.84 Å². The van der Waals surface area contributed by atoms with Crippen molar-refractivity contribution in [3.05, 3.63) is 65.5 Å². The van der Waals surface area contributed by atoms with Gasteiger partial charge in [0.2, 0.25) is 0 Å². The molecule has 0 aliphatic heterocycles. The van der Waals surface area contributed by atoms with Crippen LogP contribution >= 0.6 is 0 Å². The number of nitrogens with zero attached hydrogens (tertiary/aromatic N) is 3. The lowest BCUT2D eigenvalue weighted by Crippen LogP contribution is -2.25. The van der Waals surface area contributed by atoms with Crippen LogP contribution in [-0.4, -0.2) is 10.9 Å². The third kappa shape index (κ3) is 2.80. The van der Waals surface area contributed by atoms with E-state index in [1.165, 1.54) is 12.3 Å². The average Bonchev–Trinajstić information content (AvgIpc) is 2.54. The number of phenols is 1. The van der Waals surface area contributed by atoms with E-state index < -0.39 is 0 Å². The van der Waals surface area contributed by atoms with Gasteiger partial charge in [-0.25, -0.2) is 0 Å². The van der Waals surface area contributed by atoms with Crippen LogP contribution in [0.25, 0.3) is 10.9 Å². The number of hydrogen-bond donors (Lipinski definition) is 3. The molecule has 7 nitrogen and oxygen atoms in total. The van der Waals surface area contributed by atoms with Gasteiger partial charge >= 0.3 is 0 Å². The molecule has 4 N–H and O–H groups in total. The van der Waals surface area contributed by atoms with Gasteiger partial charge in [0.15, 0.2) is 11.9 Å². The lowest BCUT2D eigenvalue weighted by Gasteiger charge is -2.04. The summed E-state index contributed by atoms with van der Waals surface area (Å²) >= 11 is 0. The molecule has 0 aliphatic carbocycles. The monoisotopic (exact) mass is 307 g/mol. The summed E-state index contributed by atoms with van der Waals surface area (Å²) in [4.78, 5) is 0. The van der Waals surface area contributed by atoms with Crippen molar-refractivity contribution in [3.63, 3.8) is 0 Å². The number of nitrogens with two attached hydrogens (primary N) is 1. The van der Waals surface area contributed by atoms with Crippen molar-refractivity contribution in [1.82, 2.24) is 0 Å². The summed E-state index contributed by atoms with van der Waals surface area (Å²) < 4.78 is 0.589. The van der Waals surface area contributed by atoms with Crippen molar-refractivity contribution < 1.29 is 9.84 Å². The number of pyridine rings is 1. The molecule has 0 atom stereocenters. The molecule has 0 radical (unpaired) electrons. The third-order valence-electron chi connectivity index (χ3n) is 3.33. The topological polar surface area (TPSA) is 122 Å². The summed E-state index contributed by atoms with van der Waals surface area (Å²) in [7, 11) is 0. The Morgan fingerprint density at radius 2 is 1.83 bits per heavy atom. The van der Waals surface area contributed by atoms with Gasteiger partial charge in [0, 0.05) is 11.6 Å². The van der Waals surface area contributed by atoms with Gasteiger partial charge in [-0.1, -0.05) is 0 Å². The third-order valence-corrected chi connectivity index (χ3v) is 3.33. The molecule has 3 aromatic rings. The Morgan fingerprint density at radius 3 is 2.52 bits per heavy atom. The van der Waals surface area contributed by atoms with E-state index in [1.807, 2.05) is 0 Å². The summed E-state index contributed by atoms with van der Waals surface area (Å²) in [6.45, 7) is 0. The molecule has 1 aromatic heterocycles. The van der Waals surface area contributed by atoms with Crippen molar-refractivity contribution in [2.45, 2.75) is 0 Å².